The van der Waals surface area contributed by atoms with Gasteiger partial charge >= 0.3 is 5.97 Å². The van der Waals surface area contributed by atoms with Crippen LogP contribution in [0.25, 0.3) is 0 Å². The highest BCUT2D eigenvalue weighted by Crippen LogP contribution is 2.46. The summed E-state index contributed by atoms with van der Waals surface area (Å²) < 4.78 is 35.4. The lowest BCUT2D eigenvalue weighted by atomic mass is 9.87. The molecule has 3 rings (SSSR count). The van der Waals surface area contributed by atoms with E-state index in [1.165, 1.54) is 0 Å². The van der Waals surface area contributed by atoms with Crippen LogP contribution in [0.4, 0.5) is 0 Å². The summed E-state index contributed by atoms with van der Waals surface area (Å²) in [5.41, 5.74) is 1.82. The lowest BCUT2D eigenvalue weighted by molar-refractivity contribution is -0.138. The number of carboxylic acid groups (broad SMARTS) is 1. The lowest BCUT2D eigenvalue weighted by Crippen LogP contribution is -2.45. The van der Waals surface area contributed by atoms with Crippen molar-refractivity contribution in [3.8, 4) is 0 Å². The number of aryl methyl sites for hydroxylation is 1. The van der Waals surface area contributed by atoms with Gasteiger partial charge in [-0.25, -0.2) is 8.42 Å². The minimum absolute atomic E-state index is 0.0464. The molecule has 0 bridgehead atoms. The fourth-order valence-corrected chi connectivity index (χ4v) is 6.34. The van der Waals surface area contributed by atoms with Crippen LogP contribution in [0.1, 0.15) is 44.4 Å². The van der Waals surface area contributed by atoms with Crippen molar-refractivity contribution in [1.29, 1.82) is 0 Å². The third-order valence-corrected chi connectivity index (χ3v) is 7.96. The number of carboxylic acids is 1. The quantitative estimate of drug-likeness (QED) is 0.404. The Hall–Kier alpha value is -2.19. The maximum atomic E-state index is 14.1. The standard InChI is InChI=1S/C25H30ClNO5S/c1-17-7-5-6-8-21(17)33(30,31)27-22(25(2,3)4)15-19(16-32-14-13-23(28)29)24(27)18-9-11-20(26)12-10-18/h5-12,15,22,24H,13-14,16H2,1-4H3,(H,28,29)/t22-,24-/m0/s1. The molecular formula is C25H30ClNO5S. The molecule has 178 valence electrons. The van der Waals surface area contributed by atoms with E-state index in [4.69, 9.17) is 21.4 Å². The second-order valence-electron chi connectivity index (χ2n) is 9.30. The highest BCUT2D eigenvalue weighted by atomic mass is 35.5. The number of sulfonamides is 1. The van der Waals surface area contributed by atoms with Crippen LogP contribution < -0.4 is 0 Å². The summed E-state index contributed by atoms with van der Waals surface area (Å²) in [6.07, 6.45) is 1.84. The number of halogens is 1. The van der Waals surface area contributed by atoms with Gasteiger partial charge in [-0.1, -0.05) is 68.8 Å². The Morgan fingerprint density at radius 1 is 1.12 bits per heavy atom. The van der Waals surface area contributed by atoms with Gasteiger partial charge in [0, 0.05) is 11.1 Å². The van der Waals surface area contributed by atoms with E-state index < -0.39 is 33.5 Å². The molecule has 1 heterocycles. The zero-order valence-corrected chi connectivity index (χ0v) is 20.9. The molecule has 0 saturated heterocycles. The molecule has 6 nitrogen and oxygen atoms in total. The largest absolute Gasteiger partial charge is 0.481 e. The smallest absolute Gasteiger partial charge is 0.305 e. The van der Waals surface area contributed by atoms with E-state index in [9.17, 15) is 13.2 Å². The molecule has 1 N–H and O–H groups in total. The molecule has 0 spiro atoms. The summed E-state index contributed by atoms with van der Waals surface area (Å²) in [6, 6.07) is 13.1. The van der Waals surface area contributed by atoms with Crippen molar-refractivity contribution >= 4 is 27.6 Å². The number of benzene rings is 2. The number of ether oxygens (including phenoxy) is 1. The van der Waals surface area contributed by atoms with Crippen LogP contribution >= 0.6 is 11.6 Å². The monoisotopic (exact) mass is 491 g/mol. The van der Waals surface area contributed by atoms with Gasteiger partial charge in [-0.2, -0.15) is 4.31 Å². The number of nitrogens with zero attached hydrogens (tertiary/aromatic N) is 1. The van der Waals surface area contributed by atoms with Crippen LogP contribution in [0, 0.1) is 12.3 Å². The summed E-state index contributed by atoms with van der Waals surface area (Å²) in [7, 11) is -3.89. The SMILES string of the molecule is Cc1ccccc1S(=O)(=O)N1[C@@H](c2ccc(Cl)cc2)C(COCCC(=O)O)=C[C@H]1C(C)(C)C. The van der Waals surface area contributed by atoms with Gasteiger partial charge in [-0.15, -0.1) is 0 Å². The van der Waals surface area contributed by atoms with Crippen LogP contribution in [-0.2, 0) is 19.6 Å². The van der Waals surface area contributed by atoms with Gasteiger partial charge in [0.2, 0.25) is 10.0 Å². The van der Waals surface area contributed by atoms with Gasteiger partial charge in [0.25, 0.3) is 0 Å². The molecule has 0 saturated carbocycles. The fraction of sp³-hybridized carbons (Fsp3) is 0.400. The maximum absolute atomic E-state index is 14.1. The van der Waals surface area contributed by atoms with E-state index in [1.807, 2.05) is 45.0 Å². The molecule has 8 heteroatoms. The molecule has 0 aromatic heterocycles. The molecule has 0 radical (unpaired) electrons. The third kappa shape index (κ3) is 5.66. The summed E-state index contributed by atoms with van der Waals surface area (Å²) in [4.78, 5) is 11.1. The molecule has 2 aromatic carbocycles. The molecule has 1 aliphatic rings. The first-order chi connectivity index (χ1) is 15.4. The fourth-order valence-electron chi connectivity index (χ4n) is 4.05. The Bertz CT molecular complexity index is 1140. The first kappa shape index (κ1) is 25.4. The molecule has 33 heavy (non-hydrogen) atoms. The predicted octanol–water partition coefficient (Wildman–Crippen LogP) is 5.23. The van der Waals surface area contributed by atoms with Crippen LogP contribution in [0.15, 0.2) is 65.1 Å². The Balaban J connectivity index is 2.11. The summed E-state index contributed by atoms with van der Waals surface area (Å²) >= 11 is 6.10. The van der Waals surface area contributed by atoms with Gasteiger partial charge in [0.15, 0.2) is 0 Å². The van der Waals surface area contributed by atoms with E-state index in [1.54, 1.807) is 41.6 Å². The Labute approximate surface area is 200 Å². The third-order valence-electron chi connectivity index (χ3n) is 5.70. The first-order valence-electron chi connectivity index (χ1n) is 10.8. The molecular weight excluding hydrogens is 462 g/mol. The minimum Gasteiger partial charge on any atom is -0.481 e. The molecule has 0 unspecified atom stereocenters. The van der Waals surface area contributed by atoms with Crippen molar-refractivity contribution < 1.29 is 23.1 Å². The van der Waals surface area contributed by atoms with Gasteiger partial charge in [-0.05, 0) is 47.2 Å². The topological polar surface area (TPSA) is 83.9 Å². The van der Waals surface area contributed by atoms with E-state index in [0.29, 0.717) is 10.6 Å². The van der Waals surface area contributed by atoms with Crippen LogP contribution in [0.3, 0.4) is 0 Å². The summed E-state index contributed by atoms with van der Waals surface area (Å²) in [5.74, 6) is -0.944. The highest BCUT2D eigenvalue weighted by Gasteiger charge is 2.48. The maximum Gasteiger partial charge on any atom is 0.305 e. The average molecular weight is 492 g/mol. The minimum atomic E-state index is -3.89. The van der Waals surface area contributed by atoms with E-state index in [2.05, 4.69) is 0 Å². The van der Waals surface area contributed by atoms with Crippen molar-refractivity contribution in [2.75, 3.05) is 13.2 Å². The van der Waals surface area contributed by atoms with Crippen molar-refractivity contribution in [3.05, 3.63) is 76.3 Å². The van der Waals surface area contributed by atoms with Gasteiger partial charge in [0.1, 0.15) is 0 Å². The number of rotatable bonds is 8. The normalized spacial score (nSPS) is 19.5. The second-order valence-corrected chi connectivity index (χ2v) is 11.6. The van der Waals surface area contributed by atoms with Crippen molar-refractivity contribution in [2.45, 2.75) is 51.1 Å². The molecule has 2 aromatic rings. The molecule has 0 aliphatic carbocycles. The molecule has 0 fully saturated rings. The molecule has 1 aliphatic heterocycles. The Morgan fingerprint density at radius 2 is 1.76 bits per heavy atom. The zero-order valence-electron chi connectivity index (χ0n) is 19.3. The molecule has 0 amide bonds. The number of carbonyl (C=O) groups is 1. The first-order valence-corrected chi connectivity index (χ1v) is 12.6. The lowest BCUT2D eigenvalue weighted by Gasteiger charge is -2.37. The number of hydrogen-bond acceptors (Lipinski definition) is 4. The van der Waals surface area contributed by atoms with Crippen LogP contribution in [0.5, 0.6) is 0 Å². The predicted molar refractivity (Wildman–Crippen MR) is 129 cm³/mol. The second kappa shape index (κ2) is 9.97. The van der Waals surface area contributed by atoms with Crippen molar-refractivity contribution in [2.24, 2.45) is 5.41 Å². The van der Waals surface area contributed by atoms with Gasteiger partial charge < -0.3 is 9.84 Å². The Kier molecular flexibility index (Phi) is 7.69. The van der Waals surface area contributed by atoms with Gasteiger partial charge in [-0.3, -0.25) is 4.79 Å². The van der Waals surface area contributed by atoms with Crippen LogP contribution in [-0.4, -0.2) is 43.1 Å². The van der Waals surface area contributed by atoms with E-state index in [0.717, 1.165) is 11.1 Å². The van der Waals surface area contributed by atoms with Crippen molar-refractivity contribution in [1.82, 2.24) is 4.31 Å². The zero-order chi connectivity index (χ0) is 24.4. The number of hydrogen-bond donors (Lipinski definition) is 1. The van der Waals surface area contributed by atoms with E-state index in [-0.39, 0.29) is 24.5 Å². The van der Waals surface area contributed by atoms with Crippen LogP contribution in [0.2, 0.25) is 5.02 Å². The van der Waals surface area contributed by atoms with E-state index >= 15 is 0 Å². The number of aliphatic carboxylic acids is 1. The summed E-state index contributed by atoms with van der Waals surface area (Å²) in [5, 5.41) is 9.47. The highest BCUT2D eigenvalue weighted by molar-refractivity contribution is 7.89. The average Bonchev–Trinajstić information content (AvgIpc) is 3.13. The van der Waals surface area contributed by atoms with Crippen molar-refractivity contribution in [3.63, 3.8) is 0 Å². The Morgan fingerprint density at radius 3 is 2.33 bits per heavy atom. The molecule has 2 atom stereocenters. The summed E-state index contributed by atoms with van der Waals surface area (Å²) in [6.45, 7) is 7.97. The van der Waals surface area contributed by atoms with Gasteiger partial charge in [0.05, 0.1) is 30.6 Å².